The van der Waals surface area contributed by atoms with E-state index < -0.39 is 10.0 Å². The van der Waals surface area contributed by atoms with Crippen LogP contribution >= 0.6 is 0 Å². The third-order valence-corrected chi connectivity index (χ3v) is 6.65. The molecule has 3 rings (SSSR count). The minimum absolute atomic E-state index is 0.0788. The summed E-state index contributed by atoms with van der Waals surface area (Å²) in [6, 6.07) is 15.2. The lowest BCUT2D eigenvalue weighted by Crippen LogP contribution is -2.40. The average Bonchev–Trinajstić information content (AvgIpc) is 2.68. The second-order valence-electron chi connectivity index (χ2n) is 6.27. The highest BCUT2D eigenvalue weighted by Gasteiger charge is 2.31. The first-order valence-corrected chi connectivity index (χ1v) is 9.87. The first-order valence-electron chi connectivity index (χ1n) is 8.43. The Morgan fingerprint density at radius 3 is 2.24 bits per heavy atom. The number of carbonyl (C=O) groups is 1. The van der Waals surface area contributed by atoms with E-state index in [0.29, 0.717) is 31.1 Å². The van der Waals surface area contributed by atoms with Crippen LogP contribution in [0.1, 0.15) is 28.8 Å². The smallest absolute Gasteiger partial charge is 0.243 e. The molecule has 0 saturated carbocycles. The van der Waals surface area contributed by atoms with E-state index >= 15 is 0 Å². The van der Waals surface area contributed by atoms with Crippen molar-refractivity contribution in [1.82, 2.24) is 4.31 Å². The Morgan fingerprint density at radius 2 is 1.60 bits per heavy atom. The molecule has 132 valence electrons. The molecular formula is C19H22N2O3S. The quantitative estimate of drug-likeness (QED) is 0.832. The molecule has 0 radical (unpaired) electrons. The first-order chi connectivity index (χ1) is 12.0. The maximum Gasteiger partial charge on any atom is 0.243 e. The molecule has 5 nitrogen and oxygen atoms in total. The van der Waals surface area contributed by atoms with E-state index in [1.165, 1.54) is 10.4 Å². The van der Waals surface area contributed by atoms with E-state index in [0.717, 1.165) is 12.8 Å². The molecule has 0 atom stereocenters. The van der Waals surface area contributed by atoms with Crippen LogP contribution in [-0.2, 0) is 10.0 Å². The van der Waals surface area contributed by atoms with Gasteiger partial charge in [0.1, 0.15) is 0 Å². The highest BCUT2D eigenvalue weighted by molar-refractivity contribution is 7.89. The van der Waals surface area contributed by atoms with Crippen LogP contribution in [0.4, 0.5) is 0 Å². The number of hydrogen-bond acceptors (Lipinski definition) is 4. The van der Waals surface area contributed by atoms with Crippen LogP contribution in [0.25, 0.3) is 0 Å². The maximum atomic E-state index is 13.1. The summed E-state index contributed by atoms with van der Waals surface area (Å²) in [5, 5.41) is 0. The van der Waals surface area contributed by atoms with Crippen molar-refractivity contribution in [2.45, 2.75) is 17.7 Å². The van der Waals surface area contributed by atoms with Gasteiger partial charge in [0, 0.05) is 24.2 Å². The molecule has 1 aliphatic heterocycles. The number of ketones is 1. The van der Waals surface area contributed by atoms with Crippen LogP contribution < -0.4 is 5.73 Å². The number of benzene rings is 2. The lowest BCUT2D eigenvalue weighted by molar-refractivity contribution is 0.103. The molecule has 0 unspecified atom stereocenters. The molecule has 25 heavy (non-hydrogen) atoms. The second kappa shape index (κ2) is 7.47. The number of nitrogens with zero attached hydrogens (tertiary/aromatic N) is 1. The van der Waals surface area contributed by atoms with E-state index in [2.05, 4.69) is 0 Å². The summed E-state index contributed by atoms with van der Waals surface area (Å²) in [6.45, 7) is 1.47. The topological polar surface area (TPSA) is 80.5 Å². The van der Waals surface area contributed by atoms with Crippen molar-refractivity contribution in [3.8, 4) is 0 Å². The van der Waals surface area contributed by atoms with Crippen LogP contribution in [0.3, 0.4) is 0 Å². The predicted molar refractivity (Wildman–Crippen MR) is 96.9 cm³/mol. The van der Waals surface area contributed by atoms with E-state index in [4.69, 9.17) is 5.73 Å². The molecule has 1 aliphatic rings. The SMILES string of the molecule is NCC1CCN(S(=O)(=O)c2ccccc2C(=O)c2ccccc2)CC1. The largest absolute Gasteiger partial charge is 0.330 e. The fraction of sp³-hybridized carbons (Fsp3) is 0.316. The van der Waals surface area contributed by atoms with Crippen molar-refractivity contribution in [3.05, 3.63) is 65.7 Å². The number of rotatable bonds is 5. The standard InChI is InChI=1S/C19H22N2O3S/c20-14-15-10-12-21(13-11-15)25(23,24)18-9-5-4-8-17(18)19(22)16-6-2-1-3-7-16/h1-9,15H,10-14,20H2. The third-order valence-electron chi connectivity index (χ3n) is 4.69. The molecular weight excluding hydrogens is 336 g/mol. The molecule has 2 aromatic carbocycles. The van der Waals surface area contributed by atoms with E-state index in [-0.39, 0.29) is 16.2 Å². The summed E-state index contributed by atoms with van der Waals surface area (Å²) >= 11 is 0. The van der Waals surface area contributed by atoms with Gasteiger partial charge in [-0.3, -0.25) is 4.79 Å². The molecule has 0 bridgehead atoms. The summed E-state index contributed by atoms with van der Waals surface area (Å²) in [4.78, 5) is 12.9. The summed E-state index contributed by atoms with van der Waals surface area (Å²) in [6.07, 6.45) is 1.51. The number of sulfonamides is 1. The Morgan fingerprint density at radius 1 is 1.00 bits per heavy atom. The first kappa shape index (κ1) is 17.8. The summed E-state index contributed by atoms with van der Waals surface area (Å²) in [5.41, 5.74) is 6.38. The van der Waals surface area contributed by atoms with Crippen LogP contribution in [0.5, 0.6) is 0 Å². The van der Waals surface area contributed by atoms with Gasteiger partial charge >= 0.3 is 0 Å². The van der Waals surface area contributed by atoms with Crippen molar-refractivity contribution in [1.29, 1.82) is 0 Å². The van der Waals surface area contributed by atoms with Gasteiger partial charge in [0.2, 0.25) is 10.0 Å². The lowest BCUT2D eigenvalue weighted by atomic mass is 9.99. The van der Waals surface area contributed by atoms with Gasteiger partial charge in [0.15, 0.2) is 5.78 Å². The minimum Gasteiger partial charge on any atom is -0.330 e. The Balaban J connectivity index is 1.94. The van der Waals surface area contributed by atoms with Gasteiger partial charge < -0.3 is 5.73 Å². The number of nitrogens with two attached hydrogens (primary N) is 1. The zero-order valence-corrected chi connectivity index (χ0v) is 14.8. The van der Waals surface area contributed by atoms with E-state index in [9.17, 15) is 13.2 Å². The Kier molecular flexibility index (Phi) is 5.32. The van der Waals surface area contributed by atoms with Crippen molar-refractivity contribution in [2.24, 2.45) is 11.7 Å². The maximum absolute atomic E-state index is 13.1. The molecule has 2 aromatic rings. The van der Waals surface area contributed by atoms with Gasteiger partial charge in [-0.15, -0.1) is 0 Å². The Labute approximate surface area is 148 Å². The van der Waals surface area contributed by atoms with E-state index in [1.807, 2.05) is 6.07 Å². The van der Waals surface area contributed by atoms with Crippen LogP contribution in [0, 0.1) is 5.92 Å². The molecule has 1 saturated heterocycles. The fourth-order valence-electron chi connectivity index (χ4n) is 3.15. The molecule has 1 fully saturated rings. The number of hydrogen-bond donors (Lipinski definition) is 1. The lowest BCUT2D eigenvalue weighted by Gasteiger charge is -2.31. The van der Waals surface area contributed by atoms with Gasteiger partial charge in [0.25, 0.3) is 0 Å². The molecule has 0 amide bonds. The number of piperidine rings is 1. The normalized spacial score (nSPS) is 16.7. The summed E-state index contributed by atoms with van der Waals surface area (Å²) < 4.78 is 27.6. The molecule has 2 N–H and O–H groups in total. The highest BCUT2D eigenvalue weighted by Crippen LogP contribution is 2.26. The van der Waals surface area contributed by atoms with Crippen LogP contribution in [0.2, 0.25) is 0 Å². The highest BCUT2D eigenvalue weighted by atomic mass is 32.2. The van der Waals surface area contributed by atoms with Crippen LogP contribution in [0.15, 0.2) is 59.5 Å². The molecule has 0 aromatic heterocycles. The monoisotopic (exact) mass is 358 g/mol. The van der Waals surface area contributed by atoms with Gasteiger partial charge in [0.05, 0.1) is 4.90 Å². The Bertz CT molecular complexity index is 842. The van der Waals surface area contributed by atoms with Gasteiger partial charge in [-0.25, -0.2) is 8.42 Å². The van der Waals surface area contributed by atoms with E-state index in [1.54, 1.807) is 42.5 Å². The zero-order valence-electron chi connectivity index (χ0n) is 14.0. The zero-order chi connectivity index (χ0) is 17.9. The second-order valence-corrected chi connectivity index (χ2v) is 8.18. The Hall–Kier alpha value is -2.02. The molecule has 6 heteroatoms. The van der Waals surface area contributed by atoms with Crippen molar-refractivity contribution >= 4 is 15.8 Å². The fourth-order valence-corrected chi connectivity index (χ4v) is 4.81. The molecule has 1 heterocycles. The summed E-state index contributed by atoms with van der Waals surface area (Å²) in [5.74, 6) is 0.0873. The predicted octanol–water partition coefficient (Wildman–Crippen LogP) is 2.28. The average molecular weight is 358 g/mol. The van der Waals surface area contributed by atoms with Gasteiger partial charge in [-0.1, -0.05) is 42.5 Å². The third kappa shape index (κ3) is 3.66. The van der Waals surface area contributed by atoms with Crippen LogP contribution in [-0.4, -0.2) is 38.1 Å². The molecule has 0 aliphatic carbocycles. The molecule has 0 spiro atoms. The van der Waals surface area contributed by atoms with Gasteiger partial charge in [-0.2, -0.15) is 4.31 Å². The minimum atomic E-state index is -3.71. The number of carbonyl (C=O) groups excluding carboxylic acids is 1. The van der Waals surface area contributed by atoms with Crippen molar-refractivity contribution < 1.29 is 13.2 Å². The van der Waals surface area contributed by atoms with Crippen molar-refractivity contribution in [2.75, 3.05) is 19.6 Å². The van der Waals surface area contributed by atoms with Crippen molar-refractivity contribution in [3.63, 3.8) is 0 Å². The van der Waals surface area contributed by atoms with Gasteiger partial charge in [-0.05, 0) is 37.4 Å². The summed E-state index contributed by atoms with van der Waals surface area (Å²) in [7, 11) is -3.71.